The van der Waals surface area contributed by atoms with Crippen LogP contribution in [0.5, 0.6) is 0 Å². The molecule has 32 heavy (non-hydrogen) atoms. The summed E-state index contributed by atoms with van der Waals surface area (Å²) in [6.45, 7) is 0. The van der Waals surface area contributed by atoms with Gasteiger partial charge in [-0.2, -0.15) is 4.98 Å². The molecule has 5 atom stereocenters. The third-order valence-electron chi connectivity index (χ3n) is 4.61. The standard InChI is InChI=1S/C18H22N3O8P.2Na/c19-16-11(7-6-10-4-2-1-3-5-10)8-21(18(25)20-16)17-14(24)13(23)15(29-17)12(22)9-30(26,27)28;;/h1-8,12-15,17,22-24H,9H2,(H2,19,20,25)(H2,26,27,28);;/q;2*+1/p-2/b7-6+;;/t12-,13+,14-,15-,17-;;/m1../s1. The molecule has 0 unspecified atom stereocenters. The van der Waals surface area contributed by atoms with Crippen molar-refractivity contribution >= 4 is 25.6 Å². The van der Waals surface area contributed by atoms with Crippen molar-refractivity contribution in [3.05, 3.63) is 58.1 Å². The maximum atomic E-state index is 12.3. The molecule has 11 nitrogen and oxygen atoms in total. The smallest absolute Gasteiger partial charge is 0.811 e. The fraction of sp³-hybridized carbons (Fsp3) is 0.333. The van der Waals surface area contributed by atoms with Crippen LogP contribution in [0.25, 0.3) is 12.2 Å². The van der Waals surface area contributed by atoms with E-state index in [-0.39, 0.29) is 64.9 Å². The second kappa shape index (κ2) is 12.4. The Balaban J connectivity index is 0.00000256. The summed E-state index contributed by atoms with van der Waals surface area (Å²) in [5.41, 5.74) is 6.06. The molecule has 1 aromatic carbocycles. The fourth-order valence-corrected chi connectivity index (χ4v) is 3.79. The quantitative estimate of drug-likeness (QED) is 0.226. The minimum absolute atomic E-state index is 0. The summed E-state index contributed by atoms with van der Waals surface area (Å²) in [7, 11) is -5.10. The Morgan fingerprint density at radius 3 is 2.41 bits per heavy atom. The number of ether oxygens (including phenoxy) is 1. The average molecular weight is 483 g/mol. The molecule has 0 aliphatic carbocycles. The van der Waals surface area contributed by atoms with E-state index in [1.54, 1.807) is 12.2 Å². The summed E-state index contributed by atoms with van der Waals surface area (Å²) in [6, 6.07) is 9.20. The summed E-state index contributed by atoms with van der Waals surface area (Å²) in [4.78, 5) is 37.7. The van der Waals surface area contributed by atoms with Crippen molar-refractivity contribution in [2.45, 2.75) is 30.6 Å². The first-order valence-electron chi connectivity index (χ1n) is 8.89. The first-order valence-corrected chi connectivity index (χ1v) is 10.6. The van der Waals surface area contributed by atoms with Crippen molar-refractivity contribution < 1.29 is 93.5 Å². The predicted molar refractivity (Wildman–Crippen MR) is 103 cm³/mol. The number of aliphatic hydroxyl groups excluding tert-OH is 3. The van der Waals surface area contributed by atoms with Crippen LogP contribution in [0, 0.1) is 0 Å². The van der Waals surface area contributed by atoms with Gasteiger partial charge in [-0.1, -0.05) is 44.0 Å². The maximum Gasteiger partial charge on any atom is 1.00 e. The van der Waals surface area contributed by atoms with Crippen LogP contribution < -0.4 is 80.3 Å². The van der Waals surface area contributed by atoms with Gasteiger partial charge in [-0.3, -0.25) is 4.57 Å². The SMILES string of the molecule is Nc1nc(=O)n([C@@H]2O[C@H]([C@H](O)CP(=O)([O-])[O-])[C@@H](O)[C@H]2O)cc1/C=C/c1ccccc1.[Na+].[Na+]. The van der Waals surface area contributed by atoms with Crippen molar-refractivity contribution in [3.8, 4) is 0 Å². The van der Waals surface area contributed by atoms with Gasteiger partial charge in [0.05, 0.1) is 6.10 Å². The fourth-order valence-electron chi connectivity index (χ4n) is 3.12. The Morgan fingerprint density at radius 2 is 1.81 bits per heavy atom. The molecule has 1 saturated heterocycles. The third-order valence-corrected chi connectivity index (χ3v) is 5.43. The zero-order valence-electron chi connectivity index (χ0n) is 17.5. The average Bonchev–Trinajstić information content (AvgIpc) is 2.96. The number of aliphatic hydroxyl groups is 3. The number of hydrogen-bond donors (Lipinski definition) is 4. The van der Waals surface area contributed by atoms with E-state index in [2.05, 4.69) is 4.98 Å². The van der Waals surface area contributed by atoms with E-state index < -0.39 is 50.1 Å². The minimum atomic E-state index is -5.10. The van der Waals surface area contributed by atoms with Crippen LogP contribution >= 0.6 is 7.60 Å². The Kier molecular flexibility index (Phi) is 11.5. The first kappa shape index (κ1) is 29.7. The Labute approximate surface area is 227 Å². The molecular formula is C18H20N3Na2O8P. The van der Waals surface area contributed by atoms with Crippen LogP contribution in [0.1, 0.15) is 17.4 Å². The van der Waals surface area contributed by atoms with Gasteiger partial charge in [-0.15, -0.1) is 0 Å². The van der Waals surface area contributed by atoms with E-state index in [1.807, 2.05) is 30.3 Å². The van der Waals surface area contributed by atoms with Gasteiger partial charge in [-0.25, -0.2) is 4.79 Å². The molecule has 3 rings (SSSR count). The number of anilines is 1. The number of nitrogens with two attached hydrogens (primary N) is 1. The van der Waals surface area contributed by atoms with Crippen LogP contribution in [-0.2, 0) is 9.30 Å². The molecule has 5 N–H and O–H groups in total. The van der Waals surface area contributed by atoms with Crippen molar-refractivity contribution in [1.82, 2.24) is 9.55 Å². The predicted octanol–water partition coefficient (Wildman–Crippen LogP) is -8.10. The monoisotopic (exact) mass is 483 g/mol. The summed E-state index contributed by atoms with van der Waals surface area (Å²) in [5.74, 6) is -0.0771. The molecule has 14 heteroatoms. The normalized spacial score (nSPS) is 24.0. The van der Waals surface area contributed by atoms with Gasteiger partial charge in [0.2, 0.25) is 0 Å². The summed E-state index contributed by atoms with van der Waals surface area (Å²) in [5, 5.41) is 30.3. The van der Waals surface area contributed by atoms with Crippen LogP contribution in [-0.4, -0.2) is 55.4 Å². The van der Waals surface area contributed by atoms with E-state index in [0.717, 1.165) is 10.1 Å². The Hall–Kier alpha value is -0.370. The molecule has 1 aromatic heterocycles. The second-order valence-electron chi connectivity index (χ2n) is 6.85. The van der Waals surface area contributed by atoms with Crippen LogP contribution in [0.3, 0.4) is 0 Å². The van der Waals surface area contributed by atoms with Crippen molar-refractivity contribution in [1.29, 1.82) is 0 Å². The van der Waals surface area contributed by atoms with Gasteiger partial charge < -0.3 is 40.1 Å². The van der Waals surface area contributed by atoms with E-state index in [9.17, 15) is 34.5 Å². The third kappa shape index (κ3) is 7.31. The summed E-state index contributed by atoms with van der Waals surface area (Å²) >= 11 is 0. The number of benzene rings is 1. The molecule has 0 bridgehead atoms. The molecule has 0 radical (unpaired) electrons. The number of aromatic nitrogens is 2. The van der Waals surface area contributed by atoms with Gasteiger partial charge in [0.1, 0.15) is 24.1 Å². The van der Waals surface area contributed by atoms with E-state index >= 15 is 0 Å². The zero-order valence-corrected chi connectivity index (χ0v) is 22.4. The number of nitrogens with zero attached hydrogens (tertiary/aromatic N) is 2. The van der Waals surface area contributed by atoms with E-state index in [0.29, 0.717) is 5.56 Å². The summed E-state index contributed by atoms with van der Waals surface area (Å²) < 4.78 is 17.1. The molecule has 0 saturated carbocycles. The number of nitrogen functional groups attached to an aromatic ring is 1. The number of hydrogen-bond acceptors (Lipinski definition) is 10. The topological polar surface area (TPSA) is 194 Å². The zero-order chi connectivity index (χ0) is 22.1. The molecule has 0 spiro atoms. The van der Waals surface area contributed by atoms with Crippen molar-refractivity contribution in [3.63, 3.8) is 0 Å². The molecular weight excluding hydrogens is 463 g/mol. The Morgan fingerprint density at radius 1 is 1.19 bits per heavy atom. The van der Waals surface area contributed by atoms with Gasteiger partial charge in [-0.05, 0) is 11.6 Å². The van der Waals surface area contributed by atoms with Crippen molar-refractivity contribution in [2.75, 3.05) is 11.9 Å². The molecule has 162 valence electrons. The van der Waals surface area contributed by atoms with E-state index in [1.165, 1.54) is 6.20 Å². The Bertz CT molecular complexity index is 1030. The van der Waals surface area contributed by atoms with Crippen molar-refractivity contribution in [2.24, 2.45) is 0 Å². The molecule has 2 heterocycles. The van der Waals surface area contributed by atoms with Gasteiger partial charge in [0.15, 0.2) is 6.23 Å². The van der Waals surface area contributed by atoms with E-state index in [4.69, 9.17) is 10.5 Å². The van der Waals surface area contributed by atoms with Crippen LogP contribution in [0.4, 0.5) is 5.82 Å². The molecule has 1 aliphatic rings. The minimum Gasteiger partial charge on any atom is -0.811 e. The van der Waals surface area contributed by atoms with Crippen LogP contribution in [0.15, 0.2) is 41.3 Å². The first-order chi connectivity index (χ1) is 14.1. The van der Waals surface area contributed by atoms with Gasteiger partial charge in [0, 0.05) is 17.9 Å². The molecule has 1 fully saturated rings. The van der Waals surface area contributed by atoms with Gasteiger partial charge >= 0.3 is 64.8 Å². The van der Waals surface area contributed by atoms with Gasteiger partial charge in [0.25, 0.3) is 0 Å². The molecule has 2 aromatic rings. The molecule has 0 amide bonds. The molecule has 1 aliphatic heterocycles. The number of rotatable bonds is 6. The van der Waals surface area contributed by atoms with Crippen LogP contribution in [0.2, 0.25) is 0 Å². The maximum absolute atomic E-state index is 12.3. The second-order valence-corrected chi connectivity index (χ2v) is 8.44. The largest absolute Gasteiger partial charge is 1.00 e. The summed E-state index contributed by atoms with van der Waals surface area (Å²) in [6.07, 6.45) is -5.06.